The maximum atomic E-state index is 10.4. The minimum Gasteiger partial charge on any atom is -0.481 e. The maximum absolute atomic E-state index is 10.4. The van der Waals surface area contributed by atoms with Crippen LogP contribution in [0.5, 0.6) is 0 Å². The van der Waals surface area contributed by atoms with Crippen LogP contribution in [0.25, 0.3) is 6.08 Å². The molecule has 1 aromatic rings. The number of aliphatic carboxylic acids is 1. The Hall–Kier alpha value is -1.57. The molecule has 0 unspecified atom stereocenters. The molecule has 13 heavy (non-hydrogen) atoms. The molecule has 0 amide bonds. The molecule has 1 rings (SSSR count). The Labute approximate surface area is 77.5 Å². The highest BCUT2D eigenvalue weighted by molar-refractivity contribution is 5.70. The predicted octanol–water partition coefficient (Wildman–Crippen LogP) is 2.35. The third kappa shape index (κ3) is 3.11. The van der Waals surface area contributed by atoms with Gasteiger partial charge >= 0.3 is 5.97 Å². The monoisotopic (exact) mass is 176 g/mol. The molecule has 0 aliphatic rings. The third-order valence-electron chi connectivity index (χ3n) is 1.67. The Morgan fingerprint density at radius 2 is 2.31 bits per heavy atom. The van der Waals surface area contributed by atoms with Crippen LogP contribution < -0.4 is 0 Å². The van der Waals surface area contributed by atoms with Crippen molar-refractivity contribution in [3.8, 4) is 0 Å². The predicted molar refractivity (Wildman–Crippen MR) is 52.5 cm³/mol. The first-order valence-corrected chi connectivity index (χ1v) is 4.16. The van der Waals surface area contributed by atoms with Gasteiger partial charge in [-0.15, -0.1) is 0 Å². The molecule has 0 saturated carbocycles. The summed E-state index contributed by atoms with van der Waals surface area (Å²) >= 11 is 0. The van der Waals surface area contributed by atoms with Crippen LogP contribution in [0.2, 0.25) is 0 Å². The normalized spacial score (nSPS) is 10.5. The number of hydrogen-bond donors (Lipinski definition) is 1. The van der Waals surface area contributed by atoms with Gasteiger partial charge in [0.05, 0.1) is 6.42 Å². The van der Waals surface area contributed by atoms with Crippen LogP contribution in [0.15, 0.2) is 30.3 Å². The molecule has 0 saturated heterocycles. The Bertz CT molecular complexity index is 327. The first-order chi connectivity index (χ1) is 6.22. The number of carboxylic acid groups (broad SMARTS) is 1. The maximum Gasteiger partial charge on any atom is 0.307 e. The fourth-order valence-electron chi connectivity index (χ4n) is 1.17. The van der Waals surface area contributed by atoms with Crippen molar-refractivity contribution in [3.63, 3.8) is 0 Å². The summed E-state index contributed by atoms with van der Waals surface area (Å²) in [6, 6.07) is 7.52. The van der Waals surface area contributed by atoms with Gasteiger partial charge in [-0.05, 0) is 18.1 Å². The summed E-state index contributed by atoms with van der Waals surface area (Å²) in [5.41, 5.74) is 1.88. The summed E-state index contributed by atoms with van der Waals surface area (Å²) in [7, 11) is 0. The largest absolute Gasteiger partial charge is 0.481 e. The van der Waals surface area contributed by atoms with Crippen LogP contribution in [0.3, 0.4) is 0 Å². The van der Waals surface area contributed by atoms with Gasteiger partial charge < -0.3 is 5.11 Å². The van der Waals surface area contributed by atoms with E-state index in [0.29, 0.717) is 0 Å². The standard InChI is InChI=1S/C11H12O2/c1-2-4-9-5-3-6-10(7-9)8-11(12)13/h2-7H,8H2,1H3,(H,12,13)/b4-2+. The van der Waals surface area contributed by atoms with Gasteiger partial charge in [-0.25, -0.2) is 0 Å². The second-order valence-corrected chi connectivity index (χ2v) is 2.82. The van der Waals surface area contributed by atoms with Crippen LogP contribution in [-0.2, 0) is 11.2 Å². The molecular weight excluding hydrogens is 164 g/mol. The van der Waals surface area contributed by atoms with Crippen LogP contribution in [0, 0.1) is 0 Å². The van der Waals surface area contributed by atoms with Gasteiger partial charge in [0, 0.05) is 0 Å². The summed E-state index contributed by atoms with van der Waals surface area (Å²) in [6.45, 7) is 1.93. The van der Waals surface area contributed by atoms with Gasteiger partial charge in [0.15, 0.2) is 0 Å². The number of benzene rings is 1. The van der Waals surface area contributed by atoms with Gasteiger partial charge in [0.25, 0.3) is 0 Å². The number of carbonyl (C=O) groups is 1. The molecule has 0 aromatic heterocycles. The highest BCUT2D eigenvalue weighted by atomic mass is 16.4. The molecular formula is C11H12O2. The zero-order valence-corrected chi connectivity index (χ0v) is 7.53. The van der Waals surface area contributed by atoms with Crippen molar-refractivity contribution >= 4 is 12.0 Å². The van der Waals surface area contributed by atoms with E-state index in [1.165, 1.54) is 0 Å². The number of rotatable bonds is 3. The second kappa shape index (κ2) is 4.45. The van der Waals surface area contributed by atoms with Crippen molar-refractivity contribution in [3.05, 3.63) is 41.5 Å². The molecule has 0 aliphatic carbocycles. The lowest BCUT2D eigenvalue weighted by atomic mass is 10.1. The van der Waals surface area contributed by atoms with Gasteiger partial charge in [0.1, 0.15) is 0 Å². The molecule has 2 heteroatoms. The number of carboxylic acids is 1. The van der Waals surface area contributed by atoms with Crippen LogP contribution in [0.1, 0.15) is 18.1 Å². The Kier molecular flexibility index (Phi) is 3.26. The van der Waals surface area contributed by atoms with Crippen molar-refractivity contribution in [1.82, 2.24) is 0 Å². The van der Waals surface area contributed by atoms with Crippen LogP contribution >= 0.6 is 0 Å². The zero-order chi connectivity index (χ0) is 9.68. The van der Waals surface area contributed by atoms with E-state index in [-0.39, 0.29) is 6.42 Å². The lowest BCUT2D eigenvalue weighted by molar-refractivity contribution is -0.136. The van der Waals surface area contributed by atoms with Gasteiger partial charge in [-0.2, -0.15) is 0 Å². The number of hydrogen-bond acceptors (Lipinski definition) is 1. The number of allylic oxidation sites excluding steroid dienone is 1. The molecule has 0 spiro atoms. The van der Waals surface area contributed by atoms with Crippen molar-refractivity contribution in [2.75, 3.05) is 0 Å². The van der Waals surface area contributed by atoms with Gasteiger partial charge in [-0.3, -0.25) is 4.79 Å². The summed E-state index contributed by atoms with van der Waals surface area (Å²) in [5, 5.41) is 8.57. The summed E-state index contributed by atoms with van der Waals surface area (Å²) in [4.78, 5) is 10.4. The van der Waals surface area contributed by atoms with E-state index in [1.807, 2.05) is 43.3 Å². The molecule has 1 N–H and O–H groups in total. The van der Waals surface area contributed by atoms with E-state index >= 15 is 0 Å². The topological polar surface area (TPSA) is 37.3 Å². The Morgan fingerprint density at radius 3 is 2.92 bits per heavy atom. The first kappa shape index (κ1) is 9.52. The molecule has 0 bridgehead atoms. The van der Waals surface area contributed by atoms with Crippen molar-refractivity contribution in [2.24, 2.45) is 0 Å². The molecule has 0 atom stereocenters. The molecule has 0 aliphatic heterocycles. The first-order valence-electron chi connectivity index (χ1n) is 4.16. The average molecular weight is 176 g/mol. The minimum absolute atomic E-state index is 0.0887. The second-order valence-electron chi connectivity index (χ2n) is 2.82. The fourth-order valence-corrected chi connectivity index (χ4v) is 1.17. The van der Waals surface area contributed by atoms with E-state index in [1.54, 1.807) is 0 Å². The summed E-state index contributed by atoms with van der Waals surface area (Å²) in [5.74, 6) is -0.794. The van der Waals surface area contributed by atoms with E-state index < -0.39 is 5.97 Å². The van der Waals surface area contributed by atoms with E-state index in [4.69, 9.17) is 5.11 Å². The van der Waals surface area contributed by atoms with Gasteiger partial charge in [-0.1, -0.05) is 36.4 Å². The van der Waals surface area contributed by atoms with E-state index in [9.17, 15) is 4.79 Å². The molecule has 0 heterocycles. The third-order valence-corrected chi connectivity index (χ3v) is 1.67. The quantitative estimate of drug-likeness (QED) is 0.767. The highest BCUT2D eigenvalue weighted by Crippen LogP contribution is 2.07. The van der Waals surface area contributed by atoms with Crippen LogP contribution in [-0.4, -0.2) is 11.1 Å². The van der Waals surface area contributed by atoms with E-state index in [2.05, 4.69) is 0 Å². The Morgan fingerprint density at radius 1 is 1.54 bits per heavy atom. The summed E-state index contributed by atoms with van der Waals surface area (Å²) in [6.07, 6.45) is 3.97. The smallest absolute Gasteiger partial charge is 0.307 e. The lowest BCUT2D eigenvalue weighted by Gasteiger charge is -1.98. The highest BCUT2D eigenvalue weighted by Gasteiger charge is 1.99. The molecule has 0 fully saturated rings. The zero-order valence-electron chi connectivity index (χ0n) is 7.53. The fraction of sp³-hybridized carbons (Fsp3) is 0.182. The van der Waals surface area contributed by atoms with E-state index in [0.717, 1.165) is 11.1 Å². The molecule has 68 valence electrons. The lowest BCUT2D eigenvalue weighted by Crippen LogP contribution is -1.99. The van der Waals surface area contributed by atoms with Gasteiger partial charge in [0.2, 0.25) is 0 Å². The molecule has 1 aromatic carbocycles. The Balaban J connectivity index is 2.85. The summed E-state index contributed by atoms with van der Waals surface area (Å²) < 4.78 is 0. The van der Waals surface area contributed by atoms with Crippen LogP contribution in [0.4, 0.5) is 0 Å². The average Bonchev–Trinajstić information content (AvgIpc) is 2.04. The van der Waals surface area contributed by atoms with Crippen molar-refractivity contribution in [1.29, 1.82) is 0 Å². The van der Waals surface area contributed by atoms with Crippen molar-refractivity contribution in [2.45, 2.75) is 13.3 Å². The SMILES string of the molecule is C/C=C/c1cccc(CC(=O)O)c1. The molecule has 2 nitrogen and oxygen atoms in total. The van der Waals surface area contributed by atoms with Crippen molar-refractivity contribution < 1.29 is 9.90 Å². The minimum atomic E-state index is -0.794. The molecule has 0 radical (unpaired) electrons.